The quantitative estimate of drug-likeness (QED) is 0.894. The molecule has 1 aromatic carbocycles. The summed E-state index contributed by atoms with van der Waals surface area (Å²) in [5.74, 6) is 0.736. The predicted octanol–water partition coefficient (Wildman–Crippen LogP) is 4.22. The molecular weight excluding hydrogens is 306 g/mol. The Morgan fingerprint density at radius 3 is 2.76 bits per heavy atom. The molecular formula is C15H20ClN3OS. The summed E-state index contributed by atoms with van der Waals surface area (Å²) in [5, 5.41) is 14.3. The van der Waals surface area contributed by atoms with E-state index in [0.717, 1.165) is 15.8 Å². The molecule has 0 aliphatic heterocycles. The Labute approximate surface area is 134 Å². The summed E-state index contributed by atoms with van der Waals surface area (Å²) in [6.07, 6.45) is -0.149. The van der Waals surface area contributed by atoms with Crippen molar-refractivity contribution in [3.05, 3.63) is 39.3 Å². The van der Waals surface area contributed by atoms with E-state index in [1.165, 1.54) is 0 Å². The van der Waals surface area contributed by atoms with Crippen LogP contribution in [0, 0.1) is 0 Å². The molecule has 0 spiro atoms. The summed E-state index contributed by atoms with van der Waals surface area (Å²) in [5.41, 5.74) is 0.0642. The third-order valence-electron chi connectivity index (χ3n) is 2.71. The van der Waals surface area contributed by atoms with Gasteiger partial charge in [0.15, 0.2) is 5.01 Å². The monoisotopic (exact) mass is 325 g/mol. The molecule has 1 N–H and O–H groups in total. The second-order valence-electron chi connectivity index (χ2n) is 5.86. The molecule has 0 radical (unpaired) electrons. The lowest BCUT2D eigenvalue weighted by molar-refractivity contribution is 0.225. The van der Waals surface area contributed by atoms with E-state index in [1.54, 1.807) is 17.4 Å². The smallest absolute Gasteiger partial charge is 0.157 e. The van der Waals surface area contributed by atoms with Crippen LogP contribution in [0.1, 0.15) is 43.8 Å². The van der Waals surface area contributed by atoms with Gasteiger partial charge in [0.05, 0.1) is 6.54 Å². The van der Waals surface area contributed by atoms with Gasteiger partial charge in [0, 0.05) is 10.6 Å². The topological polar surface area (TPSA) is 47.0 Å². The van der Waals surface area contributed by atoms with E-state index in [9.17, 15) is 0 Å². The van der Waals surface area contributed by atoms with Crippen molar-refractivity contribution in [1.82, 2.24) is 15.5 Å². The van der Waals surface area contributed by atoms with Crippen LogP contribution in [0.15, 0.2) is 24.3 Å². The second-order valence-corrected chi connectivity index (χ2v) is 7.39. The van der Waals surface area contributed by atoms with Gasteiger partial charge in [0.25, 0.3) is 0 Å². The number of aromatic nitrogens is 2. The third-order valence-corrected chi connectivity index (χ3v) is 4.03. The average molecular weight is 326 g/mol. The Hall–Kier alpha value is -1.17. The van der Waals surface area contributed by atoms with E-state index in [-0.39, 0.29) is 11.6 Å². The van der Waals surface area contributed by atoms with Crippen molar-refractivity contribution in [1.29, 1.82) is 0 Å². The molecule has 2 aromatic rings. The fourth-order valence-corrected chi connectivity index (χ4v) is 2.58. The standard InChI is InChI=1S/C15H20ClN3OS/c1-10(20-12-7-5-6-11(16)8-12)14-19-18-13(21-14)9-17-15(2,3)4/h5-8,10,17H,9H2,1-4H3. The maximum atomic E-state index is 5.95. The minimum absolute atomic E-state index is 0.0642. The SMILES string of the molecule is CC(Oc1cccc(Cl)c1)c1nnc(CNC(C)(C)C)s1. The Morgan fingerprint density at radius 2 is 2.10 bits per heavy atom. The lowest BCUT2D eigenvalue weighted by Crippen LogP contribution is -2.35. The van der Waals surface area contributed by atoms with Gasteiger partial charge < -0.3 is 10.1 Å². The van der Waals surface area contributed by atoms with Crippen LogP contribution < -0.4 is 10.1 Å². The number of halogens is 1. The van der Waals surface area contributed by atoms with E-state index in [1.807, 2.05) is 25.1 Å². The number of benzene rings is 1. The fraction of sp³-hybridized carbons (Fsp3) is 0.467. The highest BCUT2D eigenvalue weighted by molar-refractivity contribution is 7.11. The molecule has 0 bridgehead atoms. The lowest BCUT2D eigenvalue weighted by atomic mass is 10.1. The molecule has 114 valence electrons. The van der Waals surface area contributed by atoms with Crippen LogP contribution in [0.3, 0.4) is 0 Å². The molecule has 4 nitrogen and oxygen atoms in total. The Kier molecular flexibility index (Phi) is 5.19. The van der Waals surface area contributed by atoms with Crippen LogP contribution >= 0.6 is 22.9 Å². The van der Waals surface area contributed by atoms with Crippen LogP contribution in [0.5, 0.6) is 5.75 Å². The molecule has 6 heteroatoms. The van der Waals surface area contributed by atoms with Crippen molar-refractivity contribution >= 4 is 22.9 Å². The third kappa shape index (κ3) is 5.26. The number of hydrogen-bond donors (Lipinski definition) is 1. The summed E-state index contributed by atoms with van der Waals surface area (Å²) in [6, 6.07) is 7.36. The van der Waals surface area contributed by atoms with Gasteiger partial charge in [-0.15, -0.1) is 10.2 Å². The maximum Gasteiger partial charge on any atom is 0.157 e. The second kappa shape index (κ2) is 6.73. The van der Waals surface area contributed by atoms with Crippen molar-refractivity contribution in [2.75, 3.05) is 0 Å². The first kappa shape index (κ1) is 16.2. The molecule has 0 fully saturated rings. The van der Waals surface area contributed by atoms with Crippen LogP contribution in [0.2, 0.25) is 5.02 Å². The Morgan fingerprint density at radius 1 is 1.33 bits per heavy atom. The highest BCUT2D eigenvalue weighted by atomic mass is 35.5. The molecule has 1 heterocycles. The van der Waals surface area contributed by atoms with Crippen LogP contribution in [-0.4, -0.2) is 15.7 Å². The first-order valence-electron chi connectivity index (χ1n) is 6.83. The number of nitrogens with one attached hydrogen (secondary N) is 1. The van der Waals surface area contributed by atoms with E-state index >= 15 is 0 Å². The highest BCUT2D eigenvalue weighted by Crippen LogP contribution is 2.26. The fourth-order valence-electron chi connectivity index (χ4n) is 1.64. The van der Waals surface area contributed by atoms with Crippen LogP contribution in [0.4, 0.5) is 0 Å². The minimum Gasteiger partial charge on any atom is -0.483 e. The molecule has 1 atom stereocenters. The largest absolute Gasteiger partial charge is 0.483 e. The summed E-state index contributed by atoms with van der Waals surface area (Å²) >= 11 is 7.51. The molecule has 21 heavy (non-hydrogen) atoms. The van der Waals surface area contributed by atoms with E-state index in [4.69, 9.17) is 16.3 Å². The molecule has 2 rings (SSSR count). The Bertz CT molecular complexity index is 595. The van der Waals surface area contributed by atoms with Gasteiger partial charge in [0.2, 0.25) is 0 Å². The summed E-state index contributed by atoms with van der Waals surface area (Å²) in [6.45, 7) is 9.05. The number of ether oxygens (including phenoxy) is 1. The summed E-state index contributed by atoms with van der Waals surface area (Å²) in [7, 11) is 0. The van der Waals surface area contributed by atoms with Crippen LogP contribution in [0.25, 0.3) is 0 Å². The van der Waals surface area contributed by atoms with Gasteiger partial charge in [-0.05, 0) is 45.9 Å². The minimum atomic E-state index is -0.149. The number of hydrogen-bond acceptors (Lipinski definition) is 5. The lowest BCUT2D eigenvalue weighted by Gasteiger charge is -2.19. The van der Waals surface area contributed by atoms with Crippen molar-refractivity contribution in [2.24, 2.45) is 0 Å². The average Bonchev–Trinajstić information content (AvgIpc) is 2.84. The number of nitrogens with zero attached hydrogens (tertiary/aromatic N) is 2. The molecule has 0 saturated carbocycles. The zero-order valence-corrected chi connectivity index (χ0v) is 14.3. The zero-order valence-electron chi connectivity index (χ0n) is 12.7. The first-order valence-corrected chi connectivity index (χ1v) is 8.02. The van der Waals surface area contributed by atoms with Crippen molar-refractivity contribution in [3.8, 4) is 5.75 Å². The first-order chi connectivity index (χ1) is 9.83. The van der Waals surface area contributed by atoms with Gasteiger partial charge in [-0.25, -0.2) is 0 Å². The molecule has 0 aliphatic carbocycles. The number of rotatable bonds is 5. The molecule has 0 amide bonds. The van der Waals surface area contributed by atoms with Gasteiger partial charge in [0.1, 0.15) is 16.9 Å². The van der Waals surface area contributed by atoms with Gasteiger partial charge in [-0.3, -0.25) is 0 Å². The normalized spacial score (nSPS) is 13.2. The van der Waals surface area contributed by atoms with Gasteiger partial charge in [-0.2, -0.15) is 0 Å². The summed E-state index contributed by atoms with van der Waals surface area (Å²) < 4.78 is 5.84. The van der Waals surface area contributed by atoms with Gasteiger partial charge in [-0.1, -0.05) is 29.0 Å². The molecule has 1 aromatic heterocycles. The van der Waals surface area contributed by atoms with E-state index in [0.29, 0.717) is 11.6 Å². The summed E-state index contributed by atoms with van der Waals surface area (Å²) in [4.78, 5) is 0. The Balaban J connectivity index is 1.97. The van der Waals surface area contributed by atoms with Crippen molar-refractivity contribution < 1.29 is 4.74 Å². The van der Waals surface area contributed by atoms with Crippen molar-refractivity contribution in [3.63, 3.8) is 0 Å². The van der Waals surface area contributed by atoms with Crippen molar-refractivity contribution in [2.45, 2.75) is 45.9 Å². The molecule has 0 saturated heterocycles. The van der Waals surface area contributed by atoms with Gasteiger partial charge >= 0.3 is 0 Å². The predicted molar refractivity (Wildman–Crippen MR) is 87.0 cm³/mol. The zero-order chi connectivity index (χ0) is 15.5. The molecule has 1 unspecified atom stereocenters. The van der Waals surface area contributed by atoms with E-state index < -0.39 is 0 Å². The van der Waals surface area contributed by atoms with E-state index in [2.05, 4.69) is 36.3 Å². The highest BCUT2D eigenvalue weighted by Gasteiger charge is 2.15. The molecule has 0 aliphatic rings. The maximum absolute atomic E-state index is 5.95. The van der Waals surface area contributed by atoms with Crippen LogP contribution in [-0.2, 0) is 6.54 Å².